The fraction of sp³-hybridized carbons (Fsp3) is 0.923. The van der Waals surface area contributed by atoms with Gasteiger partial charge in [-0.2, -0.15) is 0 Å². The van der Waals surface area contributed by atoms with Crippen LogP contribution in [-0.2, 0) is 4.74 Å². The predicted molar refractivity (Wildman–Crippen MR) is 70.5 cm³/mol. The summed E-state index contributed by atoms with van der Waals surface area (Å²) in [7, 11) is 0. The van der Waals surface area contributed by atoms with Crippen molar-refractivity contribution < 1.29 is 14.6 Å². The van der Waals surface area contributed by atoms with E-state index in [1.165, 1.54) is 0 Å². The highest BCUT2D eigenvalue weighted by Crippen LogP contribution is 2.22. The Morgan fingerprint density at radius 3 is 2.39 bits per heavy atom. The van der Waals surface area contributed by atoms with Crippen LogP contribution in [0.25, 0.3) is 0 Å². The highest BCUT2D eigenvalue weighted by Gasteiger charge is 2.36. The minimum absolute atomic E-state index is 0.127. The summed E-state index contributed by atoms with van der Waals surface area (Å²) in [6.07, 6.45) is -0.251. The molecule has 1 aliphatic rings. The minimum atomic E-state index is -0.455. The number of rotatable bonds is 2. The van der Waals surface area contributed by atoms with Crippen LogP contribution in [0.4, 0.5) is 4.79 Å². The van der Waals surface area contributed by atoms with E-state index in [1.54, 1.807) is 4.90 Å². The maximum atomic E-state index is 12.0. The third kappa shape index (κ3) is 4.14. The molecule has 1 amide bonds. The largest absolute Gasteiger partial charge is 0.444 e. The van der Waals surface area contributed by atoms with Crippen molar-refractivity contribution in [2.24, 2.45) is 0 Å². The molecule has 1 aliphatic heterocycles. The van der Waals surface area contributed by atoms with Crippen molar-refractivity contribution in [1.29, 1.82) is 0 Å². The fourth-order valence-corrected chi connectivity index (χ4v) is 2.21. The molecule has 0 atom stereocenters. The summed E-state index contributed by atoms with van der Waals surface area (Å²) in [5.74, 6) is 0. The summed E-state index contributed by atoms with van der Waals surface area (Å²) >= 11 is 0. The highest BCUT2D eigenvalue weighted by atomic mass is 16.6. The van der Waals surface area contributed by atoms with Crippen LogP contribution in [0, 0.1) is 0 Å². The molecule has 0 aromatic heterocycles. The van der Waals surface area contributed by atoms with E-state index in [-0.39, 0.29) is 18.2 Å². The number of piperazine rings is 1. The molecule has 0 spiro atoms. The standard InChI is InChI=1S/C13H26N2O3/c1-12(2,3)18-11(17)14-6-7-15(8-9-16)13(4,5)10-14/h16H,6-10H2,1-5H3. The van der Waals surface area contributed by atoms with Crippen LogP contribution >= 0.6 is 0 Å². The molecule has 1 rings (SSSR count). The maximum Gasteiger partial charge on any atom is 0.410 e. The van der Waals surface area contributed by atoms with E-state index < -0.39 is 5.60 Å². The van der Waals surface area contributed by atoms with Crippen molar-refractivity contribution in [2.45, 2.75) is 45.8 Å². The Morgan fingerprint density at radius 1 is 1.33 bits per heavy atom. The van der Waals surface area contributed by atoms with Crippen molar-refractivity contribution in [2.75, 3.05) is 32.8 Å². The number of amides is 1. The van der Waals surface area contributed by atoms with Crippen LogP contribution in [-0.4, -0.2) is 64.9 Å². The number of carbonyl (C=O) groups excluding carboxylic acids is 1. The third-order valence-corrected chi connectivity index (χ3v) is 3.10. The summed E-state index contributed by atoms with van der Waals surface area (Å²) in [4.78, 5) is 16.0. The van der Waals surface area contributed by atoms with Gasteiger partial charge in [-0.05, 0) is 34.6 Å². The van der Waals surface area contributed by atoms with E-state index in [4.69, 9.17) is 9.84 Å². The molecular formula is C13H26N2O3. The SMILES string of the molecule is CC(C)(C)OC(=O)N1CCN(CCO)C(C)(C)C1. The Bertz CT molecular complexity index is 297. The summed E-state index contributed by atoms with van der Waals surface area (Å²) in [5.41, 5.74) is -0.582. The number of hydrogen-bond acceptors (Lipinski definition) is 4. The first-order valence-corrected chi connectivity index (χ1v) is 6.49. The highest BCUT2D eigenvalue weighted by molar-refractivity contribution is 5.68. The molecule has 106 valence electrons. The Balaban J connectivity index is 2.60. The van der Waals surface area contributed by atoms with Gasteiger partial charge in [-0.1, -0.05) is 0 Å². The molecule has 1 fully saturated rings. The first-order valence-electron chi connectivity index (χ1n) is 6.49. The molecule has 0 bridgehead atoms. The lowest BCUT2D eigenvalue weighted by Crippen LogP contribution is -2.61. The van der Waals surface area contributed by atoms with Crippen LogP contribution in [0.15, 0.2) is 0 Å². The van der Waals surface area contributed by atoms with Crippen LogP contribution in [0.5, 0.6) is 0 Å². The normalized spacial score (nSPS) is 20.9. The van der Waals surface area contributed by atoms with Crippen LogP contribution in [0.2, 0.25) is 0 Å². The van der Waals surface area contributed by atoms with E-state index in [0.29, 0.717) is 19.6 Å². The summed E-state index contributed by atoms with van der Waals surface area (Å²) in [5, 5.41) is 9.03. The molecule has 18 heavy (non-hydrogen) atoms. The first kappa shape index (κ1) is 15.2. The van der Waals surface area contributed by atoms with Crippen molar-refractivity contribution in [3.63, 3.8) is 0 Å². The van der Waals surface area contributed by atoms with Gasteiger partial charge in [0.25, 0.3) is 0 Å². The number of nitrogens with zero attached hydrogens (tertiary/aromatic N) is 2. The average molecular weight is 258 g/mol. The van der Waals surface area contributed by atoms with E-state index in [0.717, 1.165) is 6.54 Å². The molecule has 1 heterocycles. The summed E-state index contributed by atoms with van der Waals surface area (Å²) in [6, 6.07) is 0. The van der Waals surface area contributed by atoms with Gasteiger partial charge in [0.1, 0.15) is 5.60 Å². The molecule has 0 aromatic carbocycles. The Labute approximate surface area is 110 Å². The van der Waals surface area contributed by atoms with Gasteiger partial charge in [0.05, 0.1) is 6.61 Å². The molecule has 0 aromatic rings. The van der Waals surface area contributed by atoms with Crippen LogP contribution in [0.3, 0.4) is 0 Å². The summed E-state index contributed by atoms with van der Waals surface area (Å²) < 4.78 is 5.38. The smallest absolute Gasteiger partial charge is 0.410 e. The van der Waals surface area contributed by atoms with E-state index in [2.05, 4.69) is 18.7 Å². The Kier molecular flexibility index (Phi) is 4.61. The Hall–Kier alpha value is -0.810. The van der Waals surface area contributed by atoms with Gasteiger partial charge < -0.3 is 14.7 Å². The molecule has 0 radical (unpaired) electrons. The second kappa shape index (κ2) is 5.45. The molecular weight excluding hydrogens is 232 g/mol. The zero-order chi connectivity index (χ0) is 14.0. The van der Waals surface area contributed by atoms with Gasteiger partial charge in [-0.15, -0.1) is 0 Å². The van der Waals surface area contributed by atoms with E-state index in [9.17, 15) is 4.79 Å². The predicted octanol–water partition coefficient (Wildman–Crippen LogP) is 1.31. The first-order chi connectivity index (χ1) is 8.15. The van der Waals surface area contributed by atoms with Crippen molar-refractivity contribution in [1.82, 2.24) is 9.80 Å². The molecule has 0 saturated carbocycles. The Morgan fingerprint density at radius 2 is 1.94 bits per heavy atom. The van der Waals surface area contributed by atoms with Crippen molar-refractivity contribution in [3.05, 3.63) is 0 Å². The average Bonchev–Trinajstić information content (AvgIpc) is 2.18. The van der Waals surface area contributed by atoms with Gasteiger partial charge in [0, 0.05) is 31.7 Å². The van der Waals surface area contributed by atoms with Crippen LogP contribution < -0.4 is 0 Å². The molecule has 5 heteroatoms. The number of aliphatic hydroxyl groups is 1. The summed E-state index contributed by atoms with van der Waals surface area (Å²) in [6.45, 7) is 12.6. The van der Waals surface area contributed by atoms with Crippen molar-refractivity contribution in [3.8, 4) is 0 Å². The van der Waals surface area contributed by atoms with Gasteiger partial charge in [-0.25, -0.2) is 4.79 Å². The van der Waals surface area contributed by atoms with Gasteiger partial charge in [-0.3, -0.25) is 4.90 Å². The zero-order valence-corrected chi connectivity index (χ0v) is 12.2. The number of β-amino-alcohol motifs (C(OH)–C–C–N with tert-alkyl or cyclic N) is 1. The fourth-order valence-electron chi connectivity index (χ4n) is 2.21. The lowest BCUT2D eigenvalue weighted by Gasteiger charge is -2.46. The number of aliphatic hydroxyl groups excluding tert-OH is 1. The van der Waals surface area contributed by atoms with E-state index >= 15 is 0 Å². The monoisotopic (exact) mass is 258 g/mol. The third-order valence-electron chi connectivity index (χ3n) is 3.10. The number of ether oxygens (including phenoxy) is 1. The molecule has 1 saturated heterocycles. The van der Waals surface area contributed by atoms with Gasteiger partial charge in [0.2, 0.25) is 0 Å². The lowest BCUT2D eigenvalue weighted by molar-refractivity contribution is -0.0188. The van der Waals surface area contributed by atoms with Gasteiger partial charge >= 0.3 is 6.09 Å². The topological polar surface area (TPSA) is 53.0 Å². The molecule has 1 N–H and O–H groups in total. The lowest BCUT2D eigenvalue weighted by atomic mass is 9.99. The zero-order valence-electron chi connectivity index (χ0n) is 12.2. The molecule has 5 nitrogen and oxygen atoms in total. The van der Waals surface area contributed by atoms with E-state index in [1.807, 2.05) is 20.8 Å². The minimum Gasteiger partial charge on any atom is -0.444 e. The molecule has 0 unspecified atom stereocenters. The molecule has 0 aliphatic carbocycles. The van der Waals surface area contributed by atoms with Crippen molar-refractivity contribution >= 4 is 6.09 Å². The number of carbonyl (C=O) groups is 1. The quantitative estimate of drug-likeness (QED) is 0.811. The maximum absolute atomic E-state index is 12.0. The second-order valence-electron chi connectivity index (χ2n) is 6.42. The number of hydrogen-bond donors (Lipinski definition) is 1. The van der Waals surface area contributed by atoms with Gasteiger partial charge in [0.15, 0.2) is 0 Å². The van der Waals surface area contributed by atoms with Crippen LogP contribution in [0.1, 0.15) is 34.6 Å². The second-order valence-corrected chi connectivity index (χ2v) is 6.42.